The highest BCUT2D eigenvalue weighted by atomic mass is 16.5. The van der Waals surface area contributed by atoms with E-state index in [0.717, 1.165) is 35.5 Å². The Bertz CT molecular complexity index is 896. The van der Waals surface area contributed by atoms with Crippen molar-refractivity contribution >= 4 is 17.8 Å². The van der Waals surface area contributed by atoms with Crippen molar-refractivity contribution in [3.8, 4) is 5.75 Å². The zero-order valence-corrected chi connectivity index (χ0v) is 18.6. The summed E-state index contributed by atoms with van der Waals surface area (Å²) in [5, 5.41) is 0. The summed E-state index contributed by atoms with van der Waals surface area (Å²) in [5.74, 6) is 0.602. The zero-order chi connectivity index (χ0) is 22.4. The molecule has 0 radical (unpaired) electrons. The van der Waals surface area contributed by atoms with Gasteiger partial charge in [-0.25, -0.2) is 9.97 Å². The highest BCUT2D eigenvalue weighted by molar-refractivity contribution is 5.85. The second-order valence-electron chi connectivity index (χ2n) is 7.89. The van der Waals surface area contributed by atoms with E-state index in [2.05, 4.69) is 27.7 Å². The fraction of sp³-hybridized carbons (Fsp3) is 0.478. The Morgan fingerprint density at radius 1 is 1.19 bits per heavy atom. The second kappa shape index (κ2) is 10.2. The molecule has 2 atom stereocenters. The molecule has 8 heteroatoms. The molecular weight excluding hydrogens is 394 g/mol. The van der Waals surface area contributed by atoms with Gasteiger partial charge in [0.2, 0.25) is 17.8 Å². The van der Waals surface area contributed by atoms with Gasteiger partial charge in [-0.05, 0) is 50.5 Å². The van der Waals surface area contributed by atoms with E-state index in [1.54, 1.807) is 7.11 Å². The first kappa shape index (κ1) is 22.5. The van der Waals surface area contributed by atoms with E-state index in [0.29, 0.717) is 25.3 Å². The van der Waals surface area contributed by atoms with Crippen molar-refractivity contribution in [3.63, 3.8) is 0 Å². The molecular formula is C23H31N5O3. The summed E-state index contributed by atoms with van der Waals surface area (Å²) in [6, 6.07) is 9.13. The molecule has 0 unspecified atom stereocenters. The van der Waals surface area contributed by atoms with Gasteiger partial charge in [-0.3, -0.25) is 20.4 Å². The van der Waals surface area contributed by atoms with Gasteiger partial charge in [0.15, 0.2) is 0 Å². The molecule has 1 aliphatic heterocycles. The van der Waals surface area contributed by atoms with Crippen LogP contribution in [-0.2, 0) is 9.59 Å². The van der Waals surface area contributed by atoms with Crippen molar-refractivity contribution in [3.05, 3.63) is 47.3 Å². The summed E-state index contributed by atoms with van der Waals surface area (Å²) in [6.45, 7) is 6.47. The number of rotatable bonds is 8. The number of anilines is 1. The number of amides is 2. The first-order valence-corrected chi connectivity index (χ1v) is 10.7. The fourth-order valence-corrected chi connectivity index (χ4v) is 4.02. The normalized spacial score (nSPS) is 18.6. The molecule has 0 saturated carbocycles. The third-order valence-electron chi connectivity index (χ3n) is 5.53. The van der Waals surface area contributed by atoms with E-state index in [4.69, 9.17) is 4.74 Å². The van der Waals surface area contributed by atoms with Crippen LogP contribution in [0.4, 0.5) is 5.95 Å². The summed E-state index contributed by atoms with van der Waals surface area (Å²) in [4.78, 5) is 36.4. The fourth-order valence-electron chi connectivity index (χ4n) is 4.02. The third kappa shape index (κ3) is 5.51. The summed E-state index contributed by atoms with van der Waals surface area (Å²) in [6.07, 6.45) is 2.71. The van der Waals surface area contributed by atoms with Gasteiger partial charge in [-0.15, -0.1) is 0 Å². The maximum atomic E-state index is 13.2. The van der Waals surface area contributed by atoms with Crippen molar-refractivity contribution in [2.45, 2.75) is 52.5 Å². The Morgan fingerprint density at radius 2 is 1.87 bits per heavy atom. The molecule has 166 valence electrons. The predicted molar refractivity (Wildman–Crippen MR) is 118 cm³/mol. The number of methoxy groups -OCH3 is 1. The lowest BCUT2D eigenvalue weighted by Crippen LogP contribution is -2.49. The summed E-state index contributed by atoms with van der Waals surface area (Å²) in [7, 11) is 1.61. The number of piperidine rings is 1. The van der Waals surface area contributed by atoms with Crippen LogP contribution >= 0.6 is 0 Å². The summed E-state index contributed by atoms with van der Waals surface area (Å²) >= 11 is 0. The Kier molecular flexibility index (Phi) is 7.44. The number of likely N-dealkylation sites (tertiary alicyclic amines) is 1. The first-order chi connectivity index (χ1) is 14.9. The number of carbonyl (C=O) groups is 2. The third-order valence-corrected chi connectivity index (χ3v) is 5.53. The molecule has 2 heterocycles. The molecule has 1 aromatic carbocycles. The van der Waals surface area contributed by atoms with Crippen molar-refractivity contribution in [1.29, 1.82) is 0 Å². The van der Waals surface area contributed by atoms with Crippen LogP contribution in [0.3, 0.4) is 0 Å². The molecule has 1 saturated heterocycles. The van der Waals surface area contributed by atoms with E-state index < -0.39 is 0 Å². The van der Waals surface area contributed by atoms with Gasteiger partial charge in [0.1, 0.15) is 5.75 Å². The van der Waals surface area contributed by atoms with Gasteiger partial charge in [-0.2, -0.15) is 0 Å². The van der Waals surface area contributed by atoms with Gasteiger partial charge >= 0.3 is 0 Å². The number of nitrogens with zero attached hydrogens (tertiary/aromatic N) is 3. The predicted octanol–water partition coefficient (Wildman–Crippen LogP) is 3.33. The van der Waals surface area contributed by atoms with Crippen molar-refractivity contribution in [2.75, 3.05) is 19.1 Å². The number of ether oxygens (including phenoxy) is 1. The van der Waals surface area contributed by atoms with Crippen LogP contribution < -0.4 is 15.6 Å². The molecule has 2 amide bonds. The standard InChI is InChI=1S/C23H31N5O3/c1-5-6-13-28-20(29)12-11-19(21(28)17-7-9-18(31-4)10-8-17)22(30)26-27-23-24-15(2)14-16(3)25-23/h7-10,14,19,21H,5-6,11-13H2,1-4H3,(H,26,30)(H,24,25,27)/t19-,21+/m1/s1. The van der Waals surface area contributed by atoms with E-state index in [9.17, 15) is 9.59 Å². The minimum absolute atomic E-state index is 0.0870. The number of aromatic nitrogens is 2. The van der Waals surface area contributed by atoms with E-state index in [1.807, 2.05) is 49.1 Å². The number of hydrogen-bond acceptors (Lipinski definition) is 6. The number of nitrogens with one attached hydrogen (secondary N) is 2. The van der Waals surface area contributed by atoms with Crippen LogP contribution in [0, 0.1) is 19.8 Å². The maximum Gasteiger partial charge on any atom is 0.243 e. The lowest BCUT2D eigenvalue weighted by Gasteiger charge is -2.41. The molecule has 0 bridgehead atoms. The van der Waals surface area contributed by atoms with Crippen LogP contribution in [0.25, 0.3) is 0 Å². The molecule has 3 rings (SSSR count). The summed E-state index contributed by atoms with van der Waals surface area (Å²) < 4.78 is 5.27. The average molecular weight is 426 g/mol. The van der Waals surface area contributed by atoms with Gasteiger partial charge in [0.25, 0.3) is 0 Å². The minimum atomic E-state index is -0.388. The van der Waals surface area contributed by atoms with Crippen molar-refractivity contribution in [2.24, 2.45) is 5.92 Å². The summed E-state index contributed by atoms with van der Waals surface area (Å²) in [5.41, 5.74) is 8.15. The lowest BCUT2D eigenvalue weighted by atomic mass is 9.83. The number of benzene rings is 1. The van der Waals surface area contributed by atoms with Crippen LogP contribution in [-0.4, -0.2) is 40.3 Å². The van der Waals surface area contributed by atoms with Crippen LogP contribution in [0.5, 0.6) is 5.75 Å². The Labute approximate surface area is 183 Å². The van der Waals surface area contributed by atoms with Gasteiger partial charge < -0.3 is 9.64 Å². The van der Waals surface area contributed by atoms with E-state index in [-0.39, 0.29) is 23.8 Å². The van der Waals surface area contributed by atoms with E-state index in [1.165, 1.54) is 0 Å². The Hall–Kier alpha value is -3.16. The van der Waals surface area contributed by atoms with Crippen molar-refractivity contribution in [1.82, 2.24) is 20.3 Å². The molecule has 1 aliphatic rings. The smallest absolute Gasteiger partial charge is 0.243 e. The monoisotopic (exact) mass is 425 g/mol. The Balaban J connectivity index is 1.83. The molecule has 1 aromatic heterocycles. The molecule has 2 aromatic rings. The molecule has 8 nitrogen and oxygen atoms in total. The minimum Gasteiger partial charge on any atom is -0.497 e. The quantitative estimate of drug-likeness (QED) is 0.630. The zero-order valence-electron chi connectivity index (χ0n) is 18.6. The molecule has 0 aliphatic carbocycles. The van der Waals surface area contributed by atoms with Crippen LogP contribution in [0.1, 0.15) is 55.6 Å². The first-order valence-electron chi connectivity index (χ1n) is 10.7. The van der Waals surface area contributed by atoms with Crippen LogP contribution in [0.2, 0.25) is 0 Å². The van der Waals surface area contributed by atoms with E-state index >= 15 is 0 Å². The SMILES string of the molecule is CCCCN1C(=O)CC[C@@H](C(=O)NNc2nc(C)cc(C)n2)[C@@H]1c1ccc(OC)cc1. The number of unbranched alkanes of at least 4 members (excludes halogenated alkanes) is 1. The highest BCUT2D eigenvalue weighted by Crippen LogP contribution is 2.37. The molecule has 31 heavy (non-hydrogen) atoms. The number of carbonyl (C=O) groups excluding carboxylic acids is 2. The number of hydrazine groups is 1. The largest absolute Gasteiger partial charge is 0.497 e. The van der Waals surface area contributed by atoms with Crippen LogP contribution in [0.15, 0.2) is 30.3 Å². The highest BCUT2D eigenvalue weighted by Gasteiger charge is 2.40. The topological polar surface area (TPSA) is 96.5 Å². The lowest BCUT2D eigenvalue weighted by molar-refractivity contribution is -0.143. The molecule has 1 fully saturated rings. The molecule has 2 N–H and O–H groups in total. The molecule has 0 spiro atoms. The average Bonchev–Trinajstić information content (AvgIpc) is 2.76. The van der Waals surface area contributed by atoms with Gasteiger partial charge in [0, 0.05) is 24.4 Å². The van der Waals surface area contributed by atoms with Gasteiger partial charge in [0.05, 0.1) is 19.1 Å². The Morgan fingerprint density at radius 3 is 2.48 bits per heavy atom. The maximum absolute atomic E-state index is 13.2. The van der Waals surface area contributed by atoms with Gasteiger partial charge in [-0.1, -0.05) is 25.5 Å². The second-order valence-corrected chi connectivity index (χ2v) is 7.89. The number of aryl methyl sites for hydroxylation is 2. The number of hydrogen-bond donors (Lipinski definition) is 2. The van der Waals surface area contributed by atoms with Crippen molar-refractivity contribution < 1.29 is 14.3 Å².